The van der Waals surface area contributed by atoms with Gasteiger partial charge in [-0.3, -0.25) is 0 Å². The van der Waals surface area contributed by atoms with Crippen molar-refractivity contribution in [3.63, 3.8) is 0 Å². The quantitative estimate of drug-likeness (QED) is 0.642. The fourth-order valence-corrected chi connectivity index (χ4v) is 4.68. The van der Waals surface area contributed by atoms with Crippen LogP contribution in [0.5, 0.6) is 0 Å². The second-order valence-corrected chi connectivity index (χ2v) is 10.1. The van der Waals surface area contributed by atoms with Gasteiger partial charge in [0.25, 0.3) is 0 Å². The summed E-state index contributed by atoms with van der Waals surface area (Å²) in [6.07, 6.45) is 2.73. The molecule has 0 saturated carbocycles. The van der Waals surface area contributed by atoms with E-state index in [1.165, 1.54) is 19.1 Å². The summed E-state index contributed by atoms with van der Waals surface area (Å²) in [4.78, 5) is 11.4. The Labute approximate surface area is 175 Å². The summed E-state index contributed by atoms with van der Waals surface area (Å²) in [7, 11) is -3.14. The van der Waals surface area contributed by atoms with E-state index in [1.54, 1.807) is 0 Å². The molecule has 0 aromatic carbocycles. The van der Waals surface area contributed by atoms with Gasteiger partial charge in [0.1, 0.15) is 0 Å². The SMILES string of the molecule is CS(=O)(=O)NC[C@H]1CCC[C@]2(CCN(CC3CCOCC3)C2)O1.O=C(O)C(F)(F)F. The number of halogens is 3. The lowest BCUT2D eigenvalue weighted by Gasteiger charge is -2.39. The lowest BCUT2D eigenvalue weighted by atomic mass is 9.90. The van der Waals surface area contributed by atoms with Crippen LogP contribution in [0, 0.1) is 5.92 Å². The number of rotatable bonds is 5. The molecular formula is C18H31F3N2O6S. The van der Waals surface area contributed by atoms with Gasteiger partial charge in [0.05, 0.1) is 18.0 Å². The van der Waals surface area contributed by atoms with Crippen molar-refractivity contribution in [1.29, 1.82) is 0 Å². The molecule has 0 aliphatic carbocycles. The van der Waals surface area contributed by atoms with Gasteiger partial charge >= 0.3 is 12.1 Å². The van der Waals surface area contributed by atoms with E-state index in [0.29, 0.717) is 6.54 Å². The Hall–Kier alpha value is -0.950. The Balaban J connectivity index is 0.000000396. The number of sulfonamides is 1. The van der Waals surface area contributed by atoms with Crippen molar-refractivity contribution < 1.29 is 41.0 Å². The largest absolute Gasteiger partial charge is 0.490 e. The van der Waals surface area contributed by atoms with Gasteiger partial charge in [-0.05, 0) is 44.4 Å². The molecule has 8 nitrogen and oxygen atoms in total. The number of alkyl halides is 3. The molecule has 0 aromatic heterocycles. The maximum absolute atomic E-state index is 11.3. The number of carbonyl (C=O) groups is 1. The number of nitrogens with zero attached hydrogens (tertiary/aromatic N) is 1. The fourth-order valence-electron chi connectivity index (χ4n) is 4.19. The zero-order valence-electron chi connectivity index (χ0n) is 17.1. The molecule has 176 valence electrons. The average molecular weight is 461 g/mol. The second-order valence-electron chi connectivity index (χ2n) is 8.28. The Morgan fingerprint density at radius 3 is 2.43 bits per heavy atom. The lowest BCUT2D eigenvalue weighted by Crippen LogP contribution is -2.47. The van der Waals surface area contributed by atoms with E-state index in [0.717, 1.165) is 64.4 Å². The minimum Gasteiger partial charge on any atom is -0.475 e. The number of carboxylic acids is 1. The molecule has 3 heterocycles. The zero-order valence-corrected chi connectivity index (χ0v) is 17.9. The number of likely N-dealkylation sites (tertiary alicyclic amines) is 1. The number of aliphatic carboxylic acids is 1. The lowest BCUT2D eigenvalue weighted by molar-refractivity contribution is -0.192. The van der Waals surface area contributed by atoms with Gasteiger partial charge in [-0.2, -0.15) is 13.2 Å². The molecule has 30 heavy (non-hydrogen) atoms. The molecule has 0 bridgehead atoms. The molecule has 1 spiro atoms. The van der Waals surface area contributed by atoms with E-state index in [9.17, 15) is 21.6 Å². The molecule has 3 rings (SSSR count). The highest BCUT2D eigenvalue weighted by Gasteiger charge is 2.43. The first-order chi connectivity index (χ1) is 13.9. The first-order valence-electron chi connectivity index (χ1n) is 10.1. The molecule has 3 aliphatic heterocycles. The maximum Gasteiger partial charge on any atom is 0.490 e. The van der Waals surface area contributed by atoms with E-state index in [1.807, 2.05) is 0 Å². The molecule has 0 amide bonds. The molecule has 3 fully saturated rings. The van der Waals surface area contributed by atoms with E-state index in [-0.39, 0.29) is 11.7 Å². The molecule has 0 aromatic rings. The molecule has 0 unspecified atom stereocenters. The third kappa shape index (κ3) is 8.66. The van der Waals surface area contributed by atoms with Crippen molar-refractivity contribution in [3.05, 3.63) is 0 Å². The monoisotopic (exact) mass is 460 g/mol. The summed E-state index contributed by atoms with van der Waals surface area (Å²) >= 11 is 0. The predicted molar refractivity (Wildman–Crippen MR) is 103 cm³/mol. The summed E-state index contributed by atoms with van der Waals surface area (Å²) in [6.45, 7) is 5.46. The maximum atomic E-state index is 11.3. The van der Waals surface area contributed by atoms with Gasteiger partial charge in [0.15, 0.2) is 0 Å². The predicted octanol–water partition coefficient (Wildman–Crippen LogP) is 1.61. The van der Waals surface area contributed by atoms with Crippen LogP contribution in [0.4, 0.5) is 13.2 Å². The number of ether oxygens (including phenoxy) is 2. The highest BCUT2D eigenvalue weighted by Crippen LogP contribution is 2.37. The highest BCUT2D eigenvalue weighted by molar-refractivity contribution is 7.88. The molecular weight excluding hydrogens is 429 g/mol. The highest BCUT2D eigenvalue weighted by atomic mass is 32.2. The van der Waals surface area contributed by atoms with Crippen LogP contribution in [0.2, 0.25) is 0 Å². The first-order valence-corrected chi connectivity index (χ1v) is 12.0. The number of nitrogens with one attached hydrogen (secondary N) is 1. The molecule has 2 N–H and O–H groups in total. The first kappa shape index (κ1) is 25.3. The zero-order chi connectivity index (χ0) is 22.4. The molecule has 0 radical (unpaired) electrons. The second kappa shape index (κ2) is 10.6. The van der Waals surface area contributed by atoms with E-state index < -0.39 is 22.2 Å². The van der Waals surface area contributed by atoms with Gasteiger partial charge in [-0.1, -0.05) is 0 Å². The van der Waals surface area contributed by atoms with Crippen LogP contribution < -0.4 is 4.72 Å². The Morgan fingerprint density at radius 1 is 1.23 bits per heavy atom. The van der Waals surface area contributed by atoms with Crippen molar-refractivity contribution in [2.45, 2.75) is 56.4 Å². The van der Waals surface area contributed by atoms with Crippen LogP contribution in [-0.4, -0.2) is 87.9 Å². The number of hydrogen-bond acceptors (Lipinski definition) is 6. The fraction of sp³-hybridized carbons (Fsp3) is 0.944. The molecule has 3 aliphatic rings. The van der Waals surface area contributed by atoms with Crippen LogP contribution >= 0.6 is 0 Å². The summed E-state index contributed by atoms with van der Waals surface area (Å²) in [6, 6.07) is 0. The van der Waals surface area contributed by atoms with Crippen LogP contribution in [0.15, 0.2) is 0 Å². The Kier molecular flexibility index (Phi) is 8.92. The molecule has 3 saturated heterocycles. The van der Waals surface area contributed by atoms with Gasteiger partial charge < -0.3 is 19.5 Å². The van der Waals surface area contributed by atoms with Gasteiger partial charge in [0.2, 0.25) is 10.0 Å². The number of hydrogen-bond donors (Lipinski definition) is 2. The smallest absolute Gasteiger partial charge is 0.475 e. The van der Waals surface area contributed by atoms with Crippen molar-refractivity contribution in [2.24, 2.45) is 5.92 Å². The van der Waals surface area contributed by atoms with Gasteiger partial charge in [-0.25, -0.2) is 17.9 Å². The summed E-state index contributed by atoms with van der Waals surface area (Å²) < 4.78 is 68.7. The summed E-state index contributed by atoms with van der Waals surface area (Å²) in [5.74, 6) is -2.00. The van der Waals surface area contributed by atoms with Crippen molar-refractivity contribution >= 4 is 16.0 Å². The minimum atomic E-state index is -5.08. The van der Waals surface area contributed by atoms with E-state index in [4.69, 9.17) is 19.4 Å². The third-order valence-electron chi connectivity index (χ3n) is 5.64. The van der Waals surface area contributed by atoms with Crippen LogP contribution in [0.1, 0.15) is 38.5 Å². The Bertz CT molecular complexity index is 669. The van der Waals surface area contributed by atoms with E-state index >= 15 is 0 Å². The molecule has 12 heteroatoms. The van der Waals surface area contributed by atoms with E-state index in [2.05, 4.69) is 9.62 Å². The summed E-state index contributed by atoms with van der Waals surface area (Å²) in [5, 5.41) is 7.12. The summed E-state index contributed by atoms with van der Waals surface area (Å²) in [5.41, 5.74) is -0.0483. The van der Waals surface area contributed by atoms with Gasteiger partial charge in [0, 0.05) is 39.4 Å². The third-order valence-corrected chi connectivity index (χ3v) is 6.33. The van der Waals surface area contributed by atoms with Crippen LogP contribution in [-0.2, 0) is 24.3 Å². The standard InChI is InChI=1S/C16H30N2O4S.C2HF3O2/c1-23(19,20)17-11-15-3-2-6-16(22-15)7-8-18(13-16)12-14-4-9-21-10-5-14;3-2(4,5)1(6)7/h14-15,17H,2-13H2,1H3;(H,6,7)/t15-,16-;/m1./s1. The topological polar surface area (TPSA) is 105 Å². The average Bonchev–Trinajstić information content (AvgIpc) is 3.02. The van der Waals surface area contributed by atoms with Crippen LogP contribution in [0.25, 0.3) is 0 Å². The van der Waals surface area contributed by atoms with Crippen LogP contribution in [0.3, 0.4) is 0 Å². The van der Waals surface area contributed by atoms with Gasteiger partial charge in [-0.15, -0.1) is 0 Å². The van der Waals surface area contributed by atoms with Crippen molar-refractivity contribution in [2.75, 3.05) is 45.6 Å². The molecule has 2 atom stereocenters. The van der Waals surface area contributed by atoms with Crippen molar-refractivity contribution in [1.82, 2.24) is 9.62 Å². The van der Waals surface area contributed by atoms with Crippen molar-refractivity contribution in [3.8, 4) is 0 Å². The number of carboxylic acid groups (broad SMARTS) is 1. The minimum absolute atomic E-state index is 0.0153. The Morgan fingerprint density at radius 2 is 1.87 bits per heavy atom. The normalized spacial score (nSPS) is 28.9.